The lowest BCUT2D eigenvalue weighted by molar-refractivity contribution is 0.259. The molecule has 2 aliphatic carbocycles. The van der Waals surface area contributed by atoms with E-state index in [1.54, 1.807) is 12.1 Å². The Labute approximate surface area is 164 Å². The van der Waals surface area contributed by atoms with Crippen LogP contribution in [0.4, 0.5) is 4.39 Å². The minimum atomic E-state index is -0.279. The zero-order valence-electron chi connectivity index (χ0n) is 16.2. The number of hydrogen-bond donors (Lipinski definition) is 0. The van der Waals surface area contributed by atoms with Crippen LogP contribution in [0.3, 0.4) is 0 Å². The Kier molecular flexibility index (Phi) is 7.61. The van der Waals surface area contributed by atoms with Gasteiger partial charge in [-0.15, -0.1) is 0 Å². The summed E-state index contributed by atoms with van der Waals surface area (Å²) in [5.41, 5.74) is 1.12. The summed E-state index contributed by atoms with van der Waals surface area (Å²) in [7, 11) is 0. The molecule has 2 fully saturated rings. The average Bonchev–Trinajstić information content (AvgIpc) is 2.68. The van der Waals surface area contributed by atoms with E-state index < -0.39 is 0 Å². The largest absolute Gasteiger partial charge is 0.205 e. The summed E-state index contributed by atoms with van der Waals surface area (Å²) < 4.78 is 13.7. The van der Waals surface area contributed by atoms with Crippen molar-refractivity contribution in [2.45, 2.75) is 83.5 Å². The summed E-state index contributed by atoms with van der Waals surface area (Å²) in [6.45, 7) is 2.34. The van der Waals surface area contributed by atoms with Gasteiger partial charge in [0, 0.05) is 0 Å². The quantitative estimate of drug-likeness (QED) is 0.438. The number of benzene rings is 1. The van der Waals surface area contributed by atoms with Gasteiger partial charge < -0.3 is 0 Å². The van der Waals surface area contributed by atoms with Crippen molar-refractivity contribution >= 4 is 11.6 Å². The molecule has 0 spiro atoms. The normalized spacial score (nSPS) is 30.0. The Balaban J connectivity index is 1.36. The van der Waals surface area contributed by atoms with Gasteiger partial charge in [0.2, 0.25) is 0 Å². The van der Waals surface area contributed by atoms with Crippen LogP contribution in [0.5, 0.6) is 0 Å². The van der Waals surface area contributed by atoms with E-state index in [-0.39, 0.29) is 10.8 Å². The first-order valence-electron chi connectivity index (χ1n) is 10.8. The molecule has 0 atom stereocenters. The summed E-state index contributed by atoms with van der Waals surface area (Å²) in [6.07, 6.45) is 19.5. The number of rotatable bonds is 6. The fourth-order valence-electron chi connectivity index (χ4n) is 4.96. The predicted octanol–water partition coefficient (Wildman–Crippen LogP) is 8.31. The molecule has 0 saturated heterocycles. The molecule has 0 heterocycles. The average molecular weight is 377 g/mol. The highest BCUT2D eigenvalue weighted by atomic mass is 35.5. The van der Waals surface area contributed by atoms with Gasteiger partial charge in [0.25, 0.3) is 0 Å². The fraction of sp³-hybridized carbons (Fsp3) is 0.667. The van der Waals surface area contributed by atoms with Gasteiger partial charge in [-0.1, -0.05) is 68.8 Å². The predicted molar refractivity (Wildman–Crippen MR) is 110 cm³/mol. The van der Waals surface area contributed by atoms with Crippen LogP contribution in [-0.2, 0) is 0 Å². The van der Waals surface area contributed by atoms with Crippen LogP contribution in [0, 0.1) is 23.6 Å². The second-order valence-electron chi connectivity index (χ2n) is 8.59. The molecule has 0 amide bonds. The van der Waals surface area contributed by atoms with Gasteiger partial charge >= 0.3 is 0 Å². The maximum atomic E-state index is 13.7. The monoisotopic (exact) mass is 376 g/mol. The lowest BCUT2D eigenvalue weighted by atomic mass is 9.78. The molecule has 0 radical (unpaired) electrons. The van der Waals surface area contributed by atoms with Crippen LogP contribution in [0.2, 0.25) is 5.02 Å². The van der Waals surface area contributed by atoms with Crippen molar-refractivity contribution in [2.24, 2.45) is 17.8 Å². The third-order valence-electron chi connectivity index (χ3n) is 6.88. The van der Waals surface area contributed by atoms with E-state index in [4.69, 9.17) is 11.6 Å². The van der Waals surface area contributed by atoms with Crippen LogP contribution in [0.1, 0.15) is 89.0 Å². The first-order chi connectivity index (χ1) is 12.7. The maximum absolute atomic E-state index is 13.7. The van der Waals surface area contributed by atoms with E-state index in [0.717, 1.165) is 36.2 Å². The second-order valence-corrected chi connectivity index (χ2v) is 8.99. The van der Waals surface area contributed by atoms with Crippen molar-refractivity contribution in [3.8, 4) is 0 Å². The van der Waals surface area contributed by atoms with E-state index in [1.165, 1.54) is 57.8 Å². The molecule has 3 rings (SSSR count). The Morgan fingerprint density at radius 1 is 1.00 bits per heavy atom. The van der Waals surface area contributed by atoms with Gasteiger partial charge in [-0.05, 0) is 79.9 Å². The first-order valence-corrected chi connectivity index (χ1v) is 11.1. The standard InChI is InChI=1S/C24H34ClF/c1-2-18-7-9-19(10-8-18)5-3-4-6-20-11-13-21(14-12-20)22-15-16-23(25)24(26)17-22/h4,6,15-21H,2-3,5,7-14H2,1H3/b6-4+. The van der Waals surface area contributed by atoms with E-state index in [1.807, 2.05) is 6.07 Å². The lowest BCUT2D eigenvalue weighted by Gasteiger charge is -2.28. The number of halogens is 2. The fourth-order valence-corrected chi connectivity index (χ4v) is 5.08. The van der Waals surface area contributed by atoms with Crippen LogP contribution < -0.4 is 0 Å². The van der Waals surface area contributed by atoms with Crippen molar-refractivity contribution in [1.82, 2.24) is 0 Å². The van der Waals surface area contributed by atoms with E-state index in [2.05, 4.69) is 19.1 Å². The molecule has 0 bridgehead atoms. The molecule has 0 unspecified atom stereocenters. The lowest BCUT2D eigenvalue weighted by Crippen LogP contribution is -2.13. The summed E-state index contributed by atoms with van der Waals surface area (Å²) >= 11 is 5.80. The molecule has 2 aliphatic rings. The molecule has 0 aromatic heterocycles. The van der Waals surface area contributed by atoms with E-state index >= 15 is 0 Å². The molecule has 0 N–H and O–H groups in total. The Morgan fingerprint density at radius 2 is 1.69 bits per heavy atom. The highest BCUT2D eigenvalue weighted by molar-refractivity contribution is 6.30. The van der Waals surface area contributed by atoms with Crippen LogP contribution >= 0.6 is 11.6 Å². The molecule has 1 aromatic rings. The zero-order valence-corrected chi connectivity index (χ0v) is 17.0. The molecule has 144 valence electrons. The van der Waals surface area contributed by atoms with Gasteiger partial charge in [0.1, 0.15) is 5.82 Å². The van der Waals surface area contributed by atoms with Gasteiger partial charge in [0.05, 0.1) is 5.02 Å². The van der Waals surface area contributed by atoms with Crippen LogP contribution in [0.25, 0.3) is 0 Å². The van der Waals surface area contributed by atoms with Gasteiger partial charge in [-0.3, -0.25) is 0 Å². The van der Waals surface area contributed by atoms with Crippen LogP contribution in [0.15, 0.2) is 30.4 Å². The summed E-state index contributed by atoms with van der Waals surface area (Å²) in [5.74, 6) is 2.92. The topological polar surface area (TPSA) is 0 Å². The van der Waals surface area contributed by atoms with Crippen LogP contribution in [-0.4, -0.2) is 0 Å². The third kappa shape index (κ3) is 5.59. The Bertz CT molecular complexity index is 578. The summed E-state index contributed by atoms with van der Waals surface area (Å²) in [4.78, 5) is 0. The van der Waals surface area contributed by atoms with Gasteiger partial charge in [-0.2, -0.15) is 0 Å². The smallest absolute Gasteiger partial charge is 0.142 e. The highest BCUT2D eigenvalue weighted by Gasteiger charge is 2.22. The highest BCUT2D eigenvalue weighted by Crippen LogP contribution is 2.37. The second kappa shape index (κ2) is 9.93. The van der Waals surface area contributed by atoms with Crippen molar-refractivity contribution < 1.29 is 4.39 Å². The van der Waals surface area contributed by atoms with Crippen molar-refractivity contribution in [3.05, 3.63) is 46.8 Å². The van der Waals surface area contributed by atoms with Gasteiger partial charge in [-0.25, -0.2) is 4.39 Å². The minimum Gasteiger partial charge on any atom is -0.205 e. The molecular formula is C24H34ClF. The molecule has 2 saturated carbocycles. The Morgan fingerprint density at radius 3 is 2.35 bits per heavy atom. The molecule has 0 aliphatic heterocycles. The molecule has 26 heavy (non-hydrogen) atoms. The summed E-state index contributed by atoms with van der Waals surface area (Å²) in [6, 6.07) is 5.34. The van der Waals surface area contributed by atoms with Crippen molar-refractivity contribution in [3.63, 3.8) is 0 Å². The molecular weight excluding hydrogens is 343 g/mol. The molecule has 2 heteroatoms. The summed E-state index contributed by atoms with van der Waals surface area (Å²) in [5, 5.41) is 0.230. The molecule has 1 aromatic carbocycles. The van der Waals surface area contributed by atoms with Crippen molar-refractivity contribution in [1.29, 1.82) is 0 Å². The first kappa shape index (κ1) is 19.9. The third-order valence-corrected chi connectivity index (χ3v) is 7.19. The van der Waals surface area contributed by atoms with Crippen molar-refractivity contribution in [2.75, 3.05) is 0 Å². The Hall–Kier alpha value is -0.820. The SMILES string of the molecule is CCC1CCC(CC/C=C/C2CCC(c3ccc(Cl)c(F)c3)CC2)CC1. The minimum absolute atomic E-state index is 0.230. The van der Waals surface area contributed by atoms with Gasteiger partial charge in [0.15, 0.2) is 0 Å². The van der Waals surface area contributed by atoms with E-state index in [9.17, 15) is 4.39 Å². The number of hydrogen-bond acceptors (Lipinski definition) is 0. The zero-order chi connectivity index (χ0) is 18.4. The number of allylic oxidation sites excluding steroid dienone is 2. The van der Waals surface area contributed by atoms with E-state index in [0.29, 0.717) is 5.92 Å². The maximum Gasteiger partial charge on any atom is 0.142 e. The molecule has 0 nitrogen and oxygen atoms in total.